The molecule has 0 heterocycles. The second-order valence-electron chi connectivity index (χ2n) is 18.7. The van der Waals surface area contributed by atoms with Crippen LogP contribution >= 0.6 is 0 Å². The molecule has 337 valence electrons. The Morgan fingerprint density at radius 1 is 0.282 bits per heavy atom. The number of hydrogen-bond donors (Lipinski definition) is 0. The Bertz CT molecular complexity index is 3720. The average Bonchev–Trinajstić information content (AvgIpc) is 3.89. The molecule has 0 bridgehead atoms. The van der Waals surface area contributed by atoms with Crippen LogP contribution in [0.3, 0.4) is 0 Å². The van der Waals surface area contributed by atoms with E-state index in [0.29, 0.717) is 9.54 Å². The summed E-state index contributed by atoms with van der Waals surface area (Å²) in [5.41, 5.74) is 21.9. The summed E-state index contributed by atoms with van der Waals surface area (Å²) in [6, 6.07) is 89.6. The first-order valence-electron chi connectivity index (χ1n) is 24.3. The van der Waals surface area contributed by atoms with Crippen molar-refractivity contribution in [2.24, 2.45) is 0 Å². The predicted molar refractivity (Wildman–Crippen MR) is 290 cm³/mol. The molecule has 0 fully saturated rings. The van der Waals surface area contributed by atoms with Gasteiger partial charge in [0.2, 0.25) is 0 Å². The molecule has 0 saturated heterocycles. The Hall–Kier alpha value is -6.86. The number of benzene rings is 12. The molecule has 0 aromatic heterocycles. The van der Waals surface area contributed by atoms with E-state index in [4.69, 9.17) is 0 Å². The topological polar surface area (TPSA) is 0 Å². The fourth-order valence-corrected chi connectivity index (χ4v) is 12.8. The first-order valence-corrected chi connectivity index (χ1v) is 25.7. The zero-order chi connectivity index (χ0) is 46.0. The van der Waals surface area contributed by atoms with Crippen LogP contribution in [0, 0.1) is 0 Å². The molecular weight excluding hydrogens is 979 g/mol. The molecule has 71 heavy (non-hydrogen) atoms. The van der Waals surface area contributed by atoms with Crippen molar-refractivity contribution in [3.05, 3.63) is 265 Å². The Labute approximate surface area is 443 Å². The molecule has 0 spiro atoms. The van der Waals surface area contributed by atoms with Gasteiger partial charge in [-0.1, -0.05) is 116 Å². The van der Waals surface area contributed by atoms with Gasteiger partial charge in [-0.15, -0.1) is 0 Å². The van der Waals surface area contributed by atoms with Crippen molar-refractivity contribution in [1.82, 2.24) is 0 Å². The van der Waals surface area contributed by atoms with E-state index in [1.807, 2.05) is 0 Å². The summed E-state index contributed by atoms with van der Waals surface area (Å²) in [6.45, 7) is 2.32. The van der Waals surface area contributed by atoms with Gasteiger partial charge in [-0.2, -0.15) is 0 Å². The molecule has 0 N–H and O–H groups in total. The normalized spacial score (nSPS) is 12.4. The van der Waals surface area contributed by atoms with E-state index in [9.17, 15) is 0 Å². The SMILES string of the molecule is CCC1c2cc(-c3cccc4ccccc34)ccc2-c2ccc(-c3cccc4ccccc34)cc21.[Cl-].[Cl-].[Zr+2][CH]1c2cc(-c3cccc4ccccc34)ccc2-c2ccc(-c3cccc4ccccc34)cc21. The van der Waals surface area contributed by atoms with E-state index in [1.54, 1.807) is 0 Å². The number of fused-ring (bicyclic) bond motifs is 10. The summed E-state index contributed by atoms with van der Waals surface area (Å²) in [4.78, 5) is 0. The van der Waals surface area contributed by atoms with Crippen LogP contribution < -0.4 is 24.8 Å². The van der Waals surface area contributed by atoms with E-state index >= 15 is 0 Å². The van der Waals surface area contributed by atoms with Crippen molar-refractivity contribution in [3.63, 3.8) is 0 Å². The van der Waals surface area contributed by atoms with E-state index in [2.05, 4.69) is 250 Å². The second-order valence-corrected chi connectivity index (χ2v) is 20.1. The van der Waals surface area contributed by atoms with Gasteiger partial charge in [0.1, 0.15) is 0 Å². The van der Waals surface area contributed by atoms with E-state index in [0.717, 1.165) is 6.42 Å². The van der Waals surface area contributed by atoms with Crippen LogP contribution in [0.5, 0.6) is 0 Å². The Morgan fingerprint density at radius 3 is 0.831 bits per heavy atom. The summed E-state index contributed by atoms with van der Waals surface area (Å²) in [5, 5.41) is 10.4. The van der Waals surface area contributed by atoms with Gasteiger partial charge in [-0.25, -0.2) is 0 Å². The molecule has 12 aromatic carbocycles. The van der Waals surface area contributed by atoms with Crippen LogP contribution in [0.4, 0.5) is 0 Å². The average molecular weight is 1030 g/mol. The Morgan fingerprint density at radius 2 is 0.535 bits per heavy atom. The maximum atomic E-state index is 2.45. The third kappa shape index (κ3) is 8.06. The first kappa shape index (κ1) is 46.5. The summed E-state index contributed by atoms with van der Waals surface area (Å²) < 4.78 is 0.460. The summed E-state index contributed by atoms with van der Waals surface area (Å²) in [7, 11) is 0. The third-order valence-corrected chi connectivity index (χ3v) is 16.5. The summed E-state index contributed by atoms with van der Waals surface area (Å²) in [5.74, 6) is 0.421. The third-order valence-electron chi connectivity index (χ3n) is 15.0. The maximum absolute atomic E-state index is 2.45. The van der Waals surface area contributed by atoms with Gasteiger partial charge < -0.3 is 24.8 Å². The minimum absolute atomic E-state index is 0. The fraction of sp³-hybridized carbons (Fsp3) is 0.0588. The minimum atomic E-state index is 0. The molecule has 3 heteroatoms. The molecule has 2 aliphatic rings. The molecule has 0 nitrogen and oxygen atoms in total. The van der Waals surface area contributed by atoms with Crippen molar-refractivity contribution in [2.45, 2.75) is 22.9 Å². The number of halogens is 2. The van der Waals surface area contributed by atoms with Crippen LogP contribution in [0.2, 0.25) is 0 Å². The molecule has 0 unspecified atom stereocenters. The van der Waals surface area contributed by atoms with Gasteiger partial charge in [0, 0.05) is 5.92 Å². The fourth-order valence-electron chi connectivity index (χ4n) is 11.6. The van der Waals surface area contributed by atoms with Gasteiger partial charge >= 0.3 is 216 Å². The zero-order valence-electron chi connectivity index (χ0n) is 39.2. The van der Waals surface area contributed by atoms with Gasteiger partial charge in [0.05, 0.1) is 0 Å². The molecule has 0 aliphatic heterocycles. The van der Waals surface area contributed by atoms with Gasteiger partial charge in [-0.3, -0.25) is 0 Å². The summed E-state index contributed by atoms with van der Waals surface area (Å²) >= 11 is 1.54. The summed E-state index contributed by atoms with van der Waals surface area (Å²) in [6.07, 6.45) is 1.10. The van der Waals surface area contributed by atoms with Crippen LogP contribution in [0.25, 0.3) is 110 Å². The zero-order valence-corrected chi connectivity index (χ0v) is 43.2. The molecule has 2 aliphatic carbocycles. The number of rotatable bonds is 5. The van der Waals surface area contributed by atoms with Crippen molar-refractivity contribution in [2.75, 3.05) is 0 Å². The molecule has 12 aromatic rings. The Kier molecular flexibility index (Phi) is 12.7. The van der Waals surface area contributed by atoms with E-state index in [1.165, 1.54) is 157 Å². The molecule has 14 rings (SSSR count). The second kappa shape index (κ2) is 19.4. The van der Waals surface area contributed by atoms with Crippen molar-refractivity contribution >= 4 is 43.1 Å². The van der Waals surface area contributed by atoms with Crippen molar-refractivity contribution in [1.29, 1.82) is 0 Å². The van der Waals surface area contributed by atoms with Crippen molar-refractivity contribution in [3.8, 4) is 66.8 Å². The van der Waals surface area contributed by atoms with Gasteiger partial charge in [-0.05, 0) is 84.6 Å². The standard InChI is InChI=1S/C35H26.C33H21.2ClH.Zr/c1-2-27-34-21-25(30-15-7-11-23-9-3-5-13-28(23)30)17-19-32(34)33-20-18-26(22-35(27)33)31-16-8-12-24-10-4-6-14-29(24)31;1-3-11-28-22(7-1)9-5-13-30(28)24-15-17-32-26(19-24)21-27-20-25(16-18-33(27)32)31-14-6-10-23-8-2-4-12-29(23)31;;;/h3-22,27H,2H2,1H3;1-21H;2*1H;/q;;;;+2/p-2. The number of hydrogen-bond acceptors (Lipinski definition) is 0. The predicted octanol–water partition coefficient (Wildman–Crippen LogP) is 12.8. The molecule has 0 atom stereocenters. The van der Waals surface area contributed by atoms with Crippen LogP contribution in [-0.4, -0.2) is 0 Å². The molecule has 0 radical (unpaired) electrons. The molecular formula is C68H47Cl2Zr. The first-order chi connectivity index (χ1) is 34.1. The molecule has 0 saturated carbocycles. The van der Waals surface area contributed by atoms with E-state index in [-0.39, 0.29) is 24.8 Å². The van der Waals surface area contributed by atoms with Crippen LogP contribution in [-0.2, 0) is 24.7 Å². The van der Waals surface area contributed by atoms with E-state index < -0.39 is 0 Å². The van der Waals surface area contributed by atoms with Crippen LogP contribution in [0.1, 0.15) is 45.1 Å². The van der Waals surface area contributed by atoms with Gasteiger partial charge in [0.25, 0.3) is 0 Å². The van der Waals surface area contributed by atoms with Gasteiger partial charge in [0.15, 0.2) is 0 Å². The quantitative estimate of drug-likeness (QED) is 0.161. The molecule has 0 amide bonds. The van der Waals surface area contributed by atoms with Crippen molar-refractivity contribution < 1.29 is 49.5 Å². The Balaban J connectivity index is 0.000000150. The monoisotopic (exact) mass is 1020 g/mol. The van der Waals surface area contributed by atoms with Crippen LogP contribution in [0.15, 0.2) is 243 Å².